The fourth-order valence-corrected chi connectivity index (χ4v) is 4.06. The first-order valence-corrected chi connectivity index (χ1v) is 8.60. The van der Waals surface area contributed by atoms with E-state index in [9.17, 15) is 0 Å². The number of fused-ring (bicyclic) bond motifs is 1. The molecule has 2 nitrogen and oxygen atoms in total. The monoisotopic (exact) mass is 284 g/mol. The highest BCUT2D eigenvalue weighted by molar-refractivity contribution is 5.31. The summed E-state index contributed by atoms with van der Waals surface area (Å²) in [5.41, 5.74) is 7.79. The molecule has 3 N–H and O–H groups in total. The number of aryl methyl sites for hydroxylation is 1. The van der Waals surface area contributed by atoms with Crippen molar-refractivity contribution in [3.8, 4) is 0 Å². The fourth-order valence-electron chi connectivity index (χ4n) is 4.06. The number of hydrogen-bond acceptors (Lipinski definition) is 2. The van der Waals surface area contributed by atoms with Crippen molar-refractivity contribution in [3.05, 3.63) is 47.0 Å². The molecule has 21 heavy (non-hydrogen) atoms. The van der Waals surface area contributed by atoms with Gasteiger partial charge in [-0.15, -0.1) is 0 Å². The maximum Gasteiger partial charge on any atom is 0.0451 e. The van der Waals surface area contributed by atoms with Crippen LogP contribution in [0.5, 0.6) is 0 Å². The standard InChI is InChI=1S/C19H28N2/c20-21-19(16-9-4-2-1-3-5-10-16)18-13-12-15-8-6-7-11-17(15)14-18/h6-9,11,18-19,21H,1-5,10,12-14,20H2/b16-9+. The molecule has 0 aromatic heterocycles. The van der Waals surface area contributed by atoms with E-state index in [1.54, 1.807) is 5.57 Å². The zero-order chi connectivity index (χ0) is 14.5. The van der Waals surface area contributed by atoms with E-state index in [0.717, 1.165) is 0 Å². The van der Waals surface area contributed by atoms with Gasteiger partial charge in [-0.3, -0.25) is 11.3 Å². The highest BCUT2D eigenvalue weighted by Gasteiger charge is 2.27. The van der Waals surface area contributed by atoms with Crippen LogP contribution >= 0.6 is 0 Å². The molecule has 0 saturated heterocycles. The molecule has 2 aliphatic rings. The maximum absolute atomic E-state index is 5.95. The molecule has 0 radical (unpaired) electrons. The van der Waals surface area contributed by atoms with Crippen molar-refractivity contribution in [1.29, 1.82) is 0 Å². The van der Waals surface area contributed by atoms with E-state index in [1.165, 1.54) is 68.9 Å². The van der Waals surface area contributed by atoms with Gasteiger partial charge in [0.15, 0.2) is 0 Å². The van der Waals surface area contributed by atoms with Crippen molar-refractivity contribution in [3.63, 3.8) is 0 Å². The van der Waals surface area contributed by atoms with Crippen LogP contribution in [0.25, 0.3) is 0 Å². The summed E-state index contributed by atoms with van der Waals surface area (Å²) in [7, 11) is 0. The van der Waals surface area contributed by atoms with Gasteiger partial charge in [0.2, 0.25) is 0 Å². The van der Waals surface area contributed by atoms with Gasteiger partial charge in [-0.2, -0.15) is 0 Å². The van der Waals surface area contributed by atoms with E-state index in [1.807, 2.05) is 0 Å². The normalized spacial score (nSPS) is 26.9. The summed E-state index contributed by atoms with van der Waals surface area (Å²) in [5.74, 6) is 6.60. The molecule has 0 aliphatic heterocycles. The first-order chi connectivity index (χ1) is 10.4. The number of hydrogen-bond donors (Lipinski definition) is 2. The average molecular weight is 284 g/mol. The predicted octanol–water partition coefficient (Wildman–Crippen LogP) is 3.90. The SMILES string of the molecule is NNC(/C1=C/CCCCCC1)C1CCc2ccccc2C1. The quantitative estimate of drug-likeness (QED) is 0.502. The molecule has 0 bridgehead atoms. The van der Waals surface area contributed by atoms with Crippen LogP contribution in [0.15, 0.2) is 35.9 Å². The van der Waals surface area contributed by atoms with Crippen molar-refractivity contribution in [1.82, 2.24) is 5.43 Å². The zero-order valence-corrected chi connectivity index (χ0v) is 13.0. The van der Waals surface area contributed by atoms with Gasteiger partial charge in [-0.05, 0) is 62.0 Å². The fraction of sp³-hybridized carbons (Fsp3) is 0.579. The molecular weight excluding hydrogens is 256 g/mol. The van der Waals surface area contributed by atoms with Crippen LogP contribution < -0.4 is 11.3 Å². The summed E-state index contributed by atoms with van der Waals surface area (Å²) < 4.78 is 0. The number of benzene rings is 1. The number of rotatable bonds is 3. The first-order valence-electron chi connectivity index (χ1n) is 8.60. The molecule has 3 rings (SSSR count). The second-order valence-corrected chi connectivity index (χ2v) is 6.65. The lowest BCUT2D eigenvalue weighted by Gasteiger charge is -2.33. The average Bonchev–Trinajstić information content (AvgIpc) is 2.49. The second kappa shape index (κ2) is 7.24. The molecule has 2 aliphatic carbocycles. The highest BCUT2D eigenvalue weighted by Crippen LogP contribution is 2.32. The molecule has 2 heteroatoms. The lowest BCUT2D eigenvalue weighted by atomic mass is 9.77. The van der Waals surface area contributed by atoms with E-state index < -0.39 is 0 Å². The van der Waals surface area contributed by atoms with Crippen molar-refractivity contribution < 1.29 is 0 Å². The van der Waals surface area contributed by atoms with Crippen LogP contribution in [0, 0.1) is 5.92 Å². The van der Waals surface area contributed by atoms with Crippen molar-refractivity contribution in [2.24, 2.45) is 11.8 Å². The van der Waals surface area contributed by atoms with E-state index in [4.69, 9.17) is 5.84 Å². The Morgan fingerprint density at radius 2 is 1.81 bits per heavy atom. The number of nitrogens with two attached hydrogens (primary N) is 1. The second-order valence-electron chi connectivity index (χ2n) is 6.65. The zero-order valence-electron chi connectivity index (χ0n) is 13.0. The van der Waals surface area contributed by atoms with Crippen LogP contribution in [0.1, 0.15) is 56.1 Å². The first kappa shape index (κ1) is 14.8. The molecule has 2 unspecified atom stereocenters. The Morgan fingerprint density at radius 3 is 2.67 bits per heavy atom. The molecule has 0 saturated carbocycles. The highest BCUT2D eigenvalue weighted by atomic mass is 15.2. The third-order valence-electron chi connectivity index (χ3n) is 5.26. The van der Waals surface area contributed by atoms with E-state index >= 15 is 0 Å². The van der Waals surface area contributed by atoms with Crippen LogP contribution in [0.4, 0.5) is 0 Å². The summed E-state index contributed by atoms with van der Waals surface area (Å²) in [4.78, 5) is 0. The molecular formula is C19H28N2. The summed E-state index contributed by atoms with van der Waals surface area (Å²) in [6, 6.07) is 9.28. The largest absolute Gasteiger partial charge is 0.271 e. The van der Waals surface area contributed by atoms with Gasteiger partial charge >= 0.3 is 0 Å². The lowest BCUT2D eigenvalue weighted by Crippen LogP contribution is -2.44. The summed E-state index contributed by atoms with van der Waals surface area (Å²) in [5, 5.41) is 0. The molecule has 0 spiro atoms. The van der Waals surface area contributed by atoms with Crippen molar-refractivity contribution in [2.75, 3.05) is 0 Å². The number of allylic oxidation sites excluding steroid dienone is 1. The minimum absolute atomic E-state index is 0.372. The van der Waals surface area contributed by atoms with Crippen molar-refractivity contribution >= 4 is 0 Å². The predicted molar refractivity (Wildman–Crippen MR) is 88.9 cm³/mol. The van der Waals surface area contributed by atoms with Crippen LogP contribution in [-0.4, -0.2) is 6.04 Å². The lowest BCUT2D eigenvalue weighted by molar-refractivity contribution is 0.347. The Morgan fingerprint density at radius 1 is 1.00 bits per heavy atom. The Labute approximate surface area is 128 Å². The van der Waals surface area contributed by atoms with Crippen LogP contribution in [-0.2, 0) is 12.8 Å². The summed E-state index contributed by atoms with van der Waals surface area (Å²) >= 11 is 0. The number of hydrazine groups is 1. The molecule has 0 amide bonds. The van der Waals surface area contributed by atoms with Gasteiger partial charge in [0, 0.05) is 6.04 Å². The molecule has 1 aromatic carbocycles. The molecule has 114 valence electrons. The van der Waals surface area contributed by atoms with E-state index in [0.29, 0.717) is 12.0 Å². The van der Waals surface area contributed by atoms with Gasteiger partial charge in [0.05, 0.1) is 0 Å². The minimum Gasteiger partial charge on any atom is -0.271 e. The molecule has 0 heterocycles. The minimum atomic E-state index is 0.372. The maximum atomic E-state index is 5.95. The smallest absolute Gasteiger partial charge is 0.0451 e. The van der Waals surface area contributed by atoms with Crippen LogP contribution in [0.3, 0.4) is 0 Å². The third kappa shape index (κ3) is 3.56. The molecule has 0 fully saturated rings. The number of nitrogens with one attached hydrogen (secondary N) is 1. The van der Waals surface area contributed by atoms with Gasteiger partial charge in [-0.1, -0.05) is 48.8 Å². The van der Waals surface area contributed by atoms with Crippen LogP contribution in [0.2, 0.25) is 0 Å². The third-order valence-corrected chi connectivity index (χ3v) is 5.26. The van der Waals surface area contributed by atoms with Gasteiger partial charge in [0.1, 0.15) is 0 Å². The Bertz CT molecular complexity index is 492. The van der Waals surface area contributed by atoms with E-state index in [2.05, 4.69) is 35.8 Å². The Hall–Kier alpha value is -1.12. The molecule has 1 aromatic rings. The van der Waals surface area contributed by atoms with E-state index in [-0.39, 0.29) is 0 Å². The Kier molecular flexibility index (Phi) is 5.10. The van der Waals surface area contributed by atoms with Gasteiger partial charge in [0.25, 0.3) is 0 Å². The van der Waals surface area contributed by atoms with Crippen molar-refractivity contribution in [2.45, 2.75) is 63.8 Å². The molecule has 2 atom stereocenters. The van der Waals surface area contributed by atoms with Gasteiger partial charge in [-0.25, -0.2) is 0 Å². The summed E-state index contributed by atoms with van der Waals surface area (Å²) in [6.45, 7) is 0. The Balaban J connectivity index is 1.74. The van der Waals surface area contributed by atoms with Gasteiger partial charge < -0.3 is 0 Å². The topological polar surface area (TPSA) is 38.0 Å². The summed E-state index contributed by atoms with van der Waals surface area (Å²) in [6.07, 6.45) is 14.0.